The van der Waals surface area contributed by atoms with Crippen LogP contribution in [0.4, 0.5) is 5.69 Å². The summed E-state index contributed by atoms with van der Waals surface area (Å²) >= 11 is 0. The minimum absolute atomic E-state index is 0.0489. The van der Waals surface area contributed by atoms with Crippen LogP contribution in [0, 0.1) is 0 Å². The van der Waals surface area contributed by atoms with E-state index in [2.05, 4.69) is 26.0 Å². The molecule has 1 aliphatic rings. The van der Waals surface area contributed by atoms with Gasteiger partial charge in [-0.2, -0.15) is 0 Å². The minimum Gasteiger partial charge on any atom is -0.346 e. The molecule has 0 bridgehead atoms. The predicted octanol–water partition coefficient (Wildman–Crippen LogP) is 0.513. The van der Waals surface area contributed by atoms with Gasteiger partial charge in [0.25, 0.3) is 11.7 Å². The highest BCUT2D eigenvalue weighted by Crippen LogP contribution is 2.18. The number of hydrogen-bond donors (Lipinski definition) is 2. The van der Waals surface area contributed by atoms with E-state index in [1.807, 2.05) is 0 Å². The van der Waals surface area contributed by atoms with Gasteiger partial charge in [-0.1, -0.05) is 0 Å². The predicted molar refractivity (Wildman–Crippen MR) is 73.9 cm³/mol. The lowest BCUT2D eigenvalue weighted by molar-refractivity contribution is -0.114. The molecule has 2 N–H and O–H groups in total. The molecule has 8 nitrogen and oxygen atoms in total. The Morgan fingerprint density at radius 1 is 1.24 bits per heavy atom. The Bertz CT molecular complexity index is 674. The first-order chi connectivity index (χ1) is 10.1. The van der Waals surface area contributed by atoms with Crippen LogP contribution in [0.25, 0.3) is 5.69 Å². The molecule has 1 saturated carbocycles. The van der Waals surface area contributed by atoms with Crippen LogP contribution in [-0.2, 0) is 4.79 Å². The van der Waals surface area contributed by atoms with E-state index in [-0.39, 0.29) is 23.7 Å². The van der Waals surface area contributed by atoms with Crippen LogP contribution in [0.15, 0.2) is 24.3 Å². The molecule has 2 aromatic rings. The van der Waals surface area contributed by atoms with Crippen molar-refractivity contribution in [3.8, 4) is 5.69 Å². The Labute approximate surface area is 120 Å². The molecule has 1 aliphatic carbocycles. The Hall–Kier alpha value is -2.77. The monoisotopic (exact) mass is 286 g/mol. The zero-order valence-electron chi connectivity index (χ0n) is 11.4. The molecule has 0 atom stereocenters. The first kappa shape index (κ1) is 13.2. The molecular weight excluding hydrogens is 272 g/mol. The molecule has 8 heteroatoms. The number of carbonyl (C=O) groups is 2. The van der Waals surface area contributed by atoms with Gasteiger partial charge in [0.05, 0.1) is 5.69 Å². The standard InChI is InChI=1S/C13H14N6O2/c1-8(20)14-9-4-6-11(7-5-9)19-17-12(16-18-19)13(21)15-10-2-3-10/h4-7,10H,2-3H2,1H3,(H,14,20)(H,15,21). The summed E-state index contributed by atoms with van der Waals surface area (Å²) < 4.78 is 0. The minimum atomic E-state index is -0.307. The van der Waals surface area contributed by atoms with Crippen molar-refractivity contribution in [2.45, 2.75) is 25.8 Å². The summed E-state index contributed by atoms with van der Waals surface area (Å²) in [7, 11) is 0. The second kappa shape index (κ2) is 5.31. The number of aromatic nitrogens is 4. The molecule has 1 fully saturated rings. The van der Waals surface area contributed by atoms with Crippen molar-refractivity contribution in [1.82, 2.24) is 25.5 Å². The van der Waals surface area contributed by atoms with E-state index in [0.717, 1.165) is 12.8 Å². The van der Waals surface area contributed by atoms with Crippen molar-refractivity contribution in [2.24, 2.45) is 0 Å². The summed E-state index contributed by atoms with van der Waals surface area (Å²) in [5.41, 5.74) is 1.33. The van der Waals surface area contributed by atoms with Gasteiger partial charge in [0.15, 0.2) is 0 Å². The summed E-state index contributed by atoms with van der Waals surface area (Å²) in [5.74, 6) is -0.396. The van der Waals surface area contributed by atoms with Gasteiger partial charge in [0, 0.05) is 18.7 Å². The first-order valence-corrected chi connectivity index (χ1v) is 6.61. The highest BCUT2D eigenvalue weighted by Gasteiger charge is 2.25. The summed E-state index contributed by atoms with van der Waals surface area (Å²) in [6.07, 6.45) is 2.01. The third kappa shape index (κ3) is 3.22. The molecule has 1 heterocycles. The normalized spacial score (nSPS) is 13.8. The lowest BCUT2D eigenvalue weighted by Crippen LogP contribution is -2.26. The quantitative estimate of drug-likeness (QED) is 0.852. The lowest BCUT2D eigenvalue weighted by Gasteiger charge is -2.03. The molecular formula is C13H14N6O2. The molecule has 3 rings (SSSR count). The molecule has 0 saturated heterocycles. The second-order valence-electron chi connectivity index (χ2n) is 4.88. The van der Waals surface area contributed by atoms with Gasteiger partial charge < -0.3 is 10.6 Å². The third-order valence-corrected chi connectivity index (χ3v) is 2.95. The van der Waals surface area contributed by atoms with Gasteiger partial charge in [-0.25, -0.2) is 0 Å². The van der Waals surface area contributed by atoms with Crippen LogP contribution >= 0.6 is 0 Å². The van der Waals surface area contributed by atoms with E-state index >= 15 is 0 Å². The fourth-order valence-corrected chi connectivity index (χ4v) is 1.77. The molecule has 0 aliphatic heterocycles. The SMILES string of the molecule is CC(=O)Nc1ccc(-n2nnc(C(=O)NC3CC3)n2)cc1. The number of rotatable bonds is 4. The molecule has 1 aromatic heterocycles. The van der Waals surface area contributed by atoms with E-state index < -0.39 is 0 Å². The third-order valence-electron chi connectivity index (χ3n) is 2.95. The van der Waals surface area contributed by atoms with Crippen molar-refractivity contribution >= 4 is 17.5 Å². The maximum atomic E-state index is 11.8. The number of benzene rings is 1. The van der Waals surface area contributed by atoms with Crippen LogP contribution < -0.4 is 10.6 Å². The molecule has 0 unspecified atom stereocenters. The lowest BCUT2D eigenvalue weighted by atomic mass is 10.3. The Morgan fingerprint density at radius 2 is 1.95 bits per heavy atom. The van der Waals surface area contributed by atoms with Crippen molar-refractivity contribution in [3.63, 3.8) is 0 Å². The van der Waals surface area contributed by atoms with Crippen molar-refractivity contribution in [3.05, 3.63) is 30.1 Å². The topological polar surface area (TPSA) is 102 Å². The van der Waals surface area contributed by atoms with Crippen molar-refractivity contribution in [2.75, 3.05) is 5.32 Å². The van der Waals surface area contributed by atoms with Crippen LogP contribution in [0.3, 0.4) is 0 Å². The van der Waals surface area contributed by atoms with Gasteiger partial charge in [0.2, 0.25) is 5.91 Å². The van der Waals surface area contributed by atoms with Gasteiger partial charge in [0.1, 0.15) is 0 Å². The first-order valence-electron chi connectivity index (χ1n) is 6.61. The van der Waals surface area contributed by atoms with E-state index in [9.17, 15) is 9.59 Å². The fraction of sp³-hybridized carbons (Fsp3) is 0.308. The maximum absolute atomic E-state index is 11.8. The van der Waals surface area contributed by atoms with Crippen LogP contribution in [0.5, 0.6) is 0 Å². The molecule has 21 heavy (non-hydrogen) atoms. The zero-order valence-corrected chi connectivity index (χ0v) is 11.4. The number of nitrogens with one attached hydrogen (secondary N) is 2. The van der Waals surface area contributed by atoms with E-state index in [1.54, 1.807) is 24.3 Å². The smallest absolute Gasteiger partial charge is 0.293 e. The maximum Gasteiger partial charge on any atom is 0.293 e. The van der Waals surface area contributed by atoms with Gasteiger partial charge in [-0.05, 0) is 42.3 Å². The highest BCUT2D eigenvalue weighted by molar-refractivity contribution is 5.90. The van der Waals surface area contributed by atoms with E-state index in [4.69, 9.17) is 0 Å². The van der Waals surface area contributed by atoms with E-state index in [0.29, 0.717) is 11.4 Å². The Balaban J connectivity index is 1.72. The summed E-state index contributed by atoms with van der Waals surface area (Å²) in [6.45, 7) is 1.44. The Morgan fingerprint density at radius 3 is 2.57 bits per heavy atom. The van der Waals surface area contributed by atoms with Crippen LogP contribution in [-0.4, -0.2) is 38.1 Å². The average molecular weight is 286 g/mol. The highest BCUT2D eigenvalue weighted by atomic mass is 16.2. The number of carbonyl (C=O) groups excluding carboxylic acids is 2. The number of hydrogen-bond acceptors (Lipinski definition) is 5. The molecule has 108 valence electrons. The molecule has 1 aromatic carbocycles. The second-order valence-corrected chi connectivity index (χ2v) is 4.88. The summed E-state index contributed by atoms with van der Waals surface area (Å²) in [4.78, 5) is 24.0. The van der Waals surface area contributed by atoms with Crippen molar-refractivity contribution < 1.29 is 9.59 Å². The number of anilines is 1. The zero-order chi connectivity index (χ0) is 14.8. The summed E-state index contributed by atoms with van der Waals surface area (Å²) in [5, 5.41) is 17.1. The largest absolute Gasteiger partial charge is 0.346 e. The fourth-order valence-electron chi connectivity index (χ4n) is 1.77. The molecule has 0 spiro atoms. The Kier molecular flexibility index (Phi) is 3.35. The molecule has 0 radical (unpaired) electrons. The average Bonchev–Trinajstić information content (AvgIpc) is 3.12. The van der Waals surface area contributed by atoms with Gasteiger partial charge in [-0.15, -0.1) is 15.0 Å². The van der Waals surface area contributed by atoms with Crippen LogP contribution in [0.2, 0.25) is 0 Å². The number of tetrazole rings is 1. The summed E-state index contributed by atoms with van der Waals surface area (Å²) in [6, 6.07) is 7.17. The van der Waals surface area contributed by atoms with Gasteiger partial charge >= 0.3 is 0 Å². The molecule has 2 amide bonds. The van der Waals surface area contributed by atoms with Gasteiger partial charge in [-0.3, -0.25) is 9.59 Å². The van der Waals surface area contributed by atoms with Crippen LogP contribution in [0.1, 0.15) is 30.4 Å². The number of nitrogens with zero attached hydrogens (tertiary/aromatic N) is 4. The van der Waals surface area contributed by atoms with Crippen molar-refractivity contribution in [1.29, 1.82) is 0 Å². The van der Waals surface area contributed by atoms with E-state index in [1.165, 1.54) is 11.7 Å². The number of amides is 2.